The highest BCUT2D eigenvalue weighted by atomic mass is 16.1. The SMILES string of the molecule is Cc1[nH]c2ccc(NC(=O)C3CCC3)cc2c1CCN(C)C. The van der Waals surface area contributed by atoms with Crippen LogP contribution in [-0.4, -0.2) is 36.4 Å². The number of nitrogens with one attached hydrogen (secondary N) is 2. The van der Waals surface area contributed by atoms with Gasteiger partial charge in [-0.1, -0.05) is 6.42 Å². The molecule has 1 aromatic heterocycles. The monoisotopic (exact) mass is 299 g/mol. The lowest BCUT2D eigenvalue weighted by Gasteiger charge is -2.24. The summed E-state index contributed by atoms with van der Waals surface area (Å²) in [5.41, 5.74) is 4.63. The fraction of sp³-hybridized carbons (Fsp3) is 0.500. The van der Waals surface area contributed by atoms with Gasteiger partial charge >= 0.3 is 0 Å². The Hall–Kier alpha value is -1.81. The molecule has 4 heteroatoms. The first-order chi connectivity index (χ1) is 10.5. The number of rotatable bonds is 5. The first kappa shape index (κ1) is 15.1. The topological polar surface area (TPSA) is 48.1 Å². The van der Waals surface area contributed by atoms with Gasteiger partial charge in [-0.15, -0.1) is 0 Å². The van der Waals surface area contributed by atoms with Crippen LogP contribution in [0.15, 0.2) is 18.2 Å². The Kier molecular flexibility index (Phi) is 4.21. The van der Waals surface area contributed by atoms with Crippen molar-refractivity contribution in [2.24, 2.45) is 5.92 Å². The van der Waals surface area contributed by atoms with E-state index in [-0.39, 0.29) is 11.8 Å². The minimum Gasteiger partial charge on any atom is -0.358 e. The van der Waals surface area contributed by atoms with E-state index in [1.165, 1.54) is 23.1 Å². The molecule has 118 valence electrons. The summed E-state index contributed by atoms with van der Waals surface area (Å²) in [4.78, 5) is 17.8. The average molecular weight is 299 g/mol. The normalized spacial score (nSPS) is 15.3. The summed E-state index contributed by atoms with van der Waals surface area (Å²) in [6.07, 6.45) is 4.26. The summed E-state index contributed by atoms with van der Waals surface area (Å²) in [7, 11) is 4.18. The molecule has 3 rings (SSSR count). The third kappa shape index (κ3) is 3.02. The van der Waals surface area contributed by atoms with Gasteiger partial charge < -0.3 is 15.2 Å². The number of hydrogen-bond donors (Lipinski definition) is 2. The van der Waals surface area contributed by atoms with Crippen LogP contribution in [0.1, 0.15) is 30.5 Å². The molecule has 1 fully saturated rings. The quantitative estimate of drug-likeness (QED) is 0.890. The highest BCUT2D eigenvalue weighted by molar-refractivity contribution is 5.96. The maximum absolute atomic E-state index is 12.1. The highest BCUT2D eigenvalue weighted by Crippen LogP contribution is 2.29. The van der Waals surface area contributed by atoms with Crippen molar-refractivity contribution in [3.05, 3.63) is 29.5 Å². The van der Waals surface area contributed by atoms with Crippen molar-refractivity contribution in [2.45, 2.75) is 32.6 Å². The van der Waals surface area contributed by atoms with Gasteiger partial charge in [-0.3, -0.25) is 4.79 Å². The molecule has 1 aromatic carbocycles. The number of aromatic nitrogens is 1. The van der Waals surface area contributed by atoms with Crippen molar-refractivity contribution in [3.63, 3.8) is 0 Å². The predicted octanol–water partition coefficient (Wildman–Crippen LogP) is 3.32. The molecule has 0 atom stereocenters. The van der Waals surface area contributed by atoms with Crippen LogP contribution in [-0.2, 0) is 11.2 Å². The van der Waals surface area contributed by atoms with Gasteiger partial charge in [0, 0.05) is 34.7 Å². The summed E-state index contributed by atoms with van der Waals surface area (Å²) in [6, 6.07) is 6.17. The van der Waals surface area contributed by atoms with E-state index in [1.54, 1.807) is 0 Å². The molecule has 2 aromatic rings. The second-order valence-electron chi connectivity index (χ2n) is 6.66. The number of H-pyrrole nitrogens is 1. The van der Waals surface area contributed by atoms with Gasteiger partial charge in [0.1, 0.15) is 0 Å². The minimum absolute atomic E-state index is 0.174. The molecule has 0 radical (unpaired) electrons. The zero-order chi connectivity index (χ0) is 15.7. The Morgan fingerprint density at radius 1 is 1.36 bits per heavy atom. The number of nitrogens with zero attached hydrogens (tertiary/aromatic N) is 1. The Morgan fingerprint density at radius 3 is 2.77 bits per heavy atom. The molecule has 1 aliphatic rings. The molecule has 0 bridgehead atoms. The number of fused-ring (bicyclic) bond motifs is 1. The van der Waals surface area contributed by atoms with Crippen LogP contribution in [0.2, 0.25) is 0 Å². The number of aromatic amines is 1. The third-order valence-corrected chi connectivity index (χ3v) is 4.67. The number of anilines is 1. The molecule has 0 saturated heterocycles. The smallest absolute Gasteiger partial charge is 0.227 e. The van der Waals surface area contributed by atoms with E-state index in [1.807, 2.05) is 6.07 Å². The lowest BCUT2D eigenvalue weighted by Crippen LogP contribution is -2.27. The van der Waals surface area contributed by atoms with E-state index >= 15 is 0 Å². The van der Waals surface area contributed by atoms with Gasteiger partial charge in [0.2, 0.25) is 5.91 Å². The molecule has 0 unspecified atom stereocenters. The first-order valence-corrected chi connectivity index (χ1v) is 8.11. The molecular formula is C18H25N3O. The van der Waals surface area contributed by atoms with Crippen LogP contribution >= 0.6 is 0 Å². The largest absolute Gasteiger partial charge is 0.358 e. The van der Waals surface area contributed by atoms with Gasteiger partial charge in [0.05, 0.1) is 0 Å². The van der Waals surface area contributed by atoms with Crippen molar-refractivity contribution >= 4 is 22.5 Å². The minimum atomic E-state index is 0.174. The fourth-order valence-electron chi connectivity index (χ4n) is 3.03. The van der Waals surface area contributed by atoms with Crippen molar-refractivity contribution in [1.82, 2.24) is 9.88 Å². The summed E-state index contributed by atoms with van der Waals surface area (Å²) < 4.78 is 0. The van der Waals surface area contributed by atoms with Crippen molar-refractivity contribution in [2.75, 3.05) is 26.0 Å². The third-order valence-electron chi connectivity index (χ3n) is 4.67. The molecule has 1 heterocycles. The molecule has 4 nitrogen and oxygen atoms in total. The molecule has 1 saturated carbocycles. The van der Waals surface area contributed by atoms with Crippen LogP contribution in [0.4, 0.5) is 5.69 Å². The number of carbonyl (C=O) groups excluding carboxylic acids is 1. The number of likely N-dealkylation sites (N-methyl/N-ethyl adjacent to an activating group) is 1. The Morgan fingerprint density at radius 2 is 2.14 bits per heavy atom. The molecule has 2 N–H and O–H groups in total. The summed E-state index contributed by atoms with van der Waals surface area (Å²) in [6.45, 7) is 3.14. The molecular weight excluding hydrogens is 274 g/mol. The molecule has 0 aliphatic heterocycles. The highest BCUT2D eigenvalue weighted by Gasteiger charge is 2.25. The van der Waals surface area contributed by atoms with Crippen molar-refractivity contribution in [1.29, 1.82) is 0 Å². The molecule has 0 spiro atoms. The van der Waals surface area contributed by atoms with E-state index in [0.717, 1.165) is 37.0 Å². The van der Waals surface area contributed by atoms with E-state index in [4.69, 9.17) is 0 Å². The molecule has 22 heavy (non-hydrogen) atoms. The number of aryl methyl sites for hydroxylation is 1. The predicted molar refractivity (Wildman–Crippen MR) is 91.3 cm³/mol. The number of carbonyl (C=O) groups is 1. The Labute approximate surface area is 131 Å². The van der Waals surface area contributed by atoms with E-state index in [0.29, 0.717) is 0 Å². The zero-order valence-corrected chi connectivity index (χ0v) is 13.7. The maximum atomic E-state index is 12.1. The van der Waals surface area contributed by atoms with Crippen LogP contribution in [0, 0.1) is 12.8 Å². The van der Waals surface area contributed by atoms with Crippen LogP contribution < -0.4 is 5.32 Å². The van der Waals surface area contributed by atoms with Gasteiger partial charge in [-0.05, 0) is 64.0 Å². The number of hydrogen-bond acceptors (Lipinski definition) is 2. The maximum Gasteiger partial charge on any atom is 0.227 e. The first-order valence-electron chi connectivity index (χ1n) is 8.11. The van der Waals surface area contributed by atoms with Gasteiger partial charge in [-0.25, -0.2) is 0 Å². The second kappa shape index (κ2) is 6.13. The fourth-order valence-corrected chi connectivity index (χ4v) is 3.03. The standard InChI is InChI=1S/C18H25N3O/c1-12-15(9-10-21(2)3)16-11-14(7-8-17(16)19-12)20-18(22)13-5-4-6-13/h7-8,11,13,19H,4-6,9-10H2,1-3H3,(H,20,22). The van der Waals surface area contributed by atoms with Crippen LogP contribution in [0.3, 0.4) is 0 Å². The summed E-state index contributed by atoms with van der Waals surface area (Å²) >= 11 is 0. The van der Waals surface area contributed by atoms with Gasteiger partial charge in [0.15, 0.2) is 0 Å². The lowest BCUT2D eigenvalue weighted by atomic mass is 9.85. The molecule has 1 aliphatic carbocycles. The Balaban J connectivity index is 1.83. The van der Waals surface area contributed by atoms with E-state index in [9.17, 15) is 4.79 Å². The summed E-state index contributed by atoms with van der Waals surface area (Å²) in [5, 5.41) is 4.30. The van der Waals surface area contributed by atoms with Crippen LogP contribution in [0.25, 0.3) is 10.9 Å². The Bertz CT molecular complexity index is 683. The van der Waals surface area contributed by atoms with Gasteiger partial charge in [-0.2, -0.15) is 0 Å². The average Bonchev–Trinajstić information content (AvgIpc) is 2.69. The molecule has 1 amide bonds. The van der Waals surface area contributed by atoms with Crippen molar-refractivity contribution < 1.29 is 4.79 Å². The zero-order valence-electron chi connectivity index (χ0n) is 13.7. The van der Waals surface area contributed by atoms with Crippen molar-refractivity contribution in [3.8, 4) is 0 Å². The van der Waals surface area contributed by atoms with Crippen LogP contribution in [0.5, 0.6) is 0 Å². The second-order valence-corrected chi connectivity index (χ2v) is 6.66. The lowest BCUT2D eigenvalue weighted by molar-refractivity contribution is -0.122. The summed E-state index contributed by atoms with van der Waals surface area (Å²) in [5.74, 6) is 0.393. The number of benzene rings is 1. The van der Waals surface area contributed by atoms with E-state index in [2.05, 4.69) is 48.4 Å². The number of amides is 1. The van der Waals surface area contributed by atoms with Gasteiger partial charge in [0.25, 0.3) is 0 Å². The van der Waals surface area contributed by atoms with E-state index < -0.39 is 0 Å².